The molecule has 2 aromatic rings. The second-order valence-electron chi connectivity index (χ2n) is 7.45. The molecule has 138 valence electrons. The fourth-order valence-corrected chi connectivity index (χ4v) is 5.26. The van der Waals surface area contributed by atoms with Crippen LogP contribution in [-0.2, 0) is 9.59 Å². The van der Waals surface area contributed by atoms with Crippen molar-refractivity contribution in [2.75, 3.05) is 26.2 Å². The van der Waals surface area contributed by atoms with Gasteiger partial charge in [-0.15, -0.1) is 11.3 Å². The average molecular weight is 372 g/mol. The number of thiazole rings is 1. The number of carbonyl (C=O) groups excluding carboxylic acids is 2. The molecule has 4 rings (SSSR count). The van der Waals surface area contributed by atoms with Crippen LogP contribution >= 0.6 is 11.3 Å². The fourth-order valence-electron chi connectivity index (χ4n) is 4.17. The topological polar surface area (TPSA) is 53.5 Å². The molecule has 2 saturated heterocycles. The number of hydrogen-bond acceptors (Lipinski definition) is 4. The number of aromatic nitrogens is 1. The third-order valence-electron chi connectivity index (χ3n) is 5.61. The summed E-state index contributed by atoms with van der Waals surface area (Å²) >= 11 is 1.76. The zero-order valence-corrected chi connectivity index (χ0v) is 16.0. The standard InChI is InChI=1S/C20H25N3O2S/c1-14(24)22-10-5-7-16(13-22)20(25)23-11-4-6-15(12-23)19-21-17-8-2-3-9-18(17)26-19/h2-3,8-9,15-16H,4-7,10-13H2,1H3/t15-,16+/m1/s1. The lowest BCUT2D eigenvalue weighted by atomic mass is 9.93. The average Bonchev–Trinajstić information content (AvgIpc) is 3.12. The number of carbonyl (C=O) groups is 2. The number of hydrogen-bond donors (Lipinski definition) is 0. The third kappa shape index (κ3) is 3.47. The van der Waals surface area contributed by atoms with E-state index in [0.29, 0.717) is 12.5 Å². The minimum Gasteiger partial charge on any atom is -0.342 e. The first kappa shape index (κ1) is 17.5. The van der Waals surface area contributed by atoms with E-state index < -0.39 is 0 Å². The molecule has 0 unspecified atom stereocenters. The summed E-state index contributed by atoms with van der Waals surface area (Å²) in [6.07, 6.45) is 3.93. The molecular weight excluding hydrogens is 346 g/mol. The van der Waals surface area contributed by atoms with E-state index in [2.05, 4.69) is 12.1 Å². The van der Waals surface area contributed by atoms with Crippen LogP contribution in [0.15, 0.2) is 24.3 Å². The summed E-state index contributed by atoms with van der Waals surface area (Å²) in [6.45, 7) is 4.55. The second kappa shape index (κ2) is 7.35. The minimum absolute atomic E-state index is 0.0400. The lowest BCUT2D eigenvalue weighted by molar-refractivity contribution is -0.141. The van der Waals surface area contributed by atoms with Gasteiger partial charge in [-0.2, -0.15) is 0 Å². The molecule has 26 heavy (non-hydrogen) atoms. The smallest absolute Gasteiger partial charge is 0.227 e. The lowest BCUT2D eigenvalue weighted by Gasteiger charge is -2.37. The molecule has 2 fully saturated rings. The van der Waals surface area contributed by atoms with Crippen molar-refractivity contribution >= 4 is 33.4 Å². The number of piperidine rings is 2. The number of para-hydroxylation sites is 1. The van der Waals surface area contributed by atoms with Crippen molar-refractivity contribution < 1.29 is 9.59 Å². The Morgan fingerprint density at radius 1 is 1.08 bits per heavy atom. The number of nitrogens with zero attached hydrogens (tertiary/aromatic N) is 3. The van der Waals surface area contributed by atoms with E-state index in [0.717, 1.165) is 55.8 Å². The lowest BCUT2D eigenvalue weighted by Crippen LogP contribution is -2.48. The van der Waals surface area contributed by atoms with Crippen molar-refractivity contribution in [3.63, 3.8) is 0 Å². The van der Waals surface area contributed by atoms with E-state index in [9.17, 15) is 9.59 Å². The van der Waals surface area contributed by atoms with E-state index in [4.69, 9.17) is 4.98 Å². The molecule has 5 nitrogen and oxygen atoms in total. The highest BCUT2D eigenvalue weighted by Gasteiger charge is 2.33. The van der Waals surface area contributed by atoms with Crippen LogP contribution in [0.4, 0.5) is 0 Å². The maximum atomic E-state index is 13.0. The largest absolute Gasteiger partial charge is 0.342 e. The Bertz CT molecular complexity index is 785. The van der Waals surface area contributed by atoms with Crippen LogP contribution < -0.4 is 0 Å². The van der Waals surface area contributed by atoms with E-state index in [1.54, 1.807) is 18.3 Å². The van der Waals surface area contributed by atoms with Crippen LogP contribution in [0.25, 0.3) is 10.2 Å². The van der Waals surface area contributed by atoms with Gasteiger partial charge < -0.3 is 9.80 Å². The van der Waals surface area contributed by atoms with Crippen molar-refractivity contribution in [2.24, 2.45) is 5.92 Å². The molecule has 0 saturated carbocycles. The zero-order valence-electron chi connectivity index (χ0n) is 15.2. The van der Waals surface area contributed by atoms with Gasteiger partial charge in [0.1, 0.15) is 0 Å². The molecule has 2 amide bonds. The van der Waals surface area contributed by atoms with Crippen LogP contribution in [0.5, 0.6) is 0 Å². The summed E-state index contributed by atoms with van der Waals surface area (Å²) in [5.41, 5.74) is 1.06. The predicted molar refractivity (Wildman–Crippen MR) is 103 cm³/mol. The summed E-state index contributed by atoms with van der Waals surface area (Å²) in [5.74, 6) is 0.592. The monoisotopic (exact) mass is 371 g/mol. The molecule has 0 bridgehead atoms. The minimum atomic E-state index is -0.0400. The van der Waals surface area contributed by atoms with Gasteiger partial charge in [0.15, 0.2) is 0 Å². The van der Waals surface area contributed by atoms with Crippen LogP contribution in [0.3, 0.4) is 0 Å². The highest BCUT2D eigenvalue weighted by atomic mass is 32.1. The van der Waals surface area contributed by atoms with Crippen LogP contribution in [0, 0.1) is 5.92 Å². The van der Waals surface area contributed by atoms with Gasteiger partial charge in [0.25, 0.3) is 0 Å². The Labute approximate surface area is 158 Å². The molecule has 2 aliphatic heterocycles. The van der Waals surface area contributed by atoms with Crippen molar-refractivity contribution in [2.45, 2.75) is 38.5 Å². The van der Waals surface area contributed by atoms with Crippen LogP contribution in [0.2, 0.25) is 0 Å². The molecule has 3 heterocycles. The highest BCUT2D eigenvalue weighted by molar-refractivity contribution is 7.18. The maximum Gasteiger partial charge on any atom is 0.227 e. The molecule has 1 aromatic carbocycles. The molecule has 0 aliphatic carbocycles. The third-order valence-corrected chi connectivity index (χ3v) is 6.81. The zero-order chi connectivity index (χ0) is 18.1. The first-order valence-corrected chi connectivity index (χ1v) is 10.3. The number of benzene rings is 1. The number of amides is 2. The van der Waals surface area contributed by atoms with Gasteiger partial charge >= 0.3 is 0 Å². The van der Waals surface area contributed by atoms with Crippen LogP contribution in [-0.4, -0.2) is 52.8 Å². The highest BCUT2D eigenvalue weighted by Crippen LogP contribution is 2.33. The van der Waals surface area contributed by atoms with Crippen molar-refractivity contribution in [1.82, 2.24) is 14.8 Å². The Kier molecular flexibility index (Phi) is 4.94. The van der Waals surface area contributed by atoms with Crippen molar-refractivity contribution in [3.05, 3.63) is 29.3 Å². The van der Waals surface area contributed by atoms with E-state index in [1.165, 1.54) is 4.70 Å². The molecule has 2 aliphatic rings. The van der Waals surface area contributed by atoms with Gasteiger partial charge in [0.2, 0.25) is 11.8 Å². The number of fused-ring (bicyclic) bond motifs is 1. The molecule has 6 heteroatoms. The SMILES string of the molecule is CC(=O)N1CCC[C@H](C(=O)N2CCC[C@@H](c3nc4ccccc4s3)C2)C1. The van der Waals surface area contributed by atoms with E-state index in [1.807, 2.05) is 21.9 Å². The van der Waals surface area contributed by atoms with E-state index >= 15 is 0 Å². The van der Waals surface area contributed by atoms with E-state index in [-0.39, 0.29) is 17.7 Å². The van der Waals surface area contributed by atoms with Crippen molar-refractivity contribution in [1.29, 1.82) is 0 Å². The van der Waals surface area contributed by atoms with Crippen LogP contribution in [0.1, 0.15) is 43.5 Å². The summed E-state index contributed by atoms with van der Waals surface area (Å²) in [5, 5.41) is 1.15. The predicted octanol–water partition coefficient (Wildman–Crippen LogP) is 3.26. The molecule has 0 radical (unpaired) electrons. The van der Waals surface area contributed by atoms with Gasteiger partial charge in [-0.3, -0.25) is 9.59 Å². The maximum absolute atomic E-state index is 13.0. The summed E-state index contributed by atoms with van der Waals surface area (Å²) < 4.78 is 1.22. The Morgan fingerprint density at radius 3 is 2.65 bits per heavy atom. The Balaban J connectivity index is 1.46. The van der Waals surface area contributed by atoms with Gasteiger partial charge in [0, 0.05) is 39.0 Å². The van der Waals surface area contributed by atoms with Gasteiger partial charge in [-0.05, 0) is 37.8 Å². The summed E-state index contributed by atoms with van der Waals surface area (Å²) in [4.78, 5) is 33.3. The quantitative estimate of drug-likeness (QED) is 0.814. The normalized spacial score (nSPS) is 24.0. The molecule has 1 aromatic heterocycles. The Hall–Kier alpha value is -1.95. The molecule has 2 atom stereocenters. The Morgan fingerprint density at radius 2 is 1.85 bits per heavy atom. The second-order valence-corrected chi connectivity index (χ2v) is 8.51. The summed E-state index contributed by atoms with van der Waals surface area (Å²) in [6, 6.07) is 8.23. The fraction of sp³-hybridized carbons (Fsp3) is 0.550. The first-order chi connectivity index (χ1) is 12.6. The van der Waals surface area contributed by atoms with Gasteiger partial charge in [-0.1, -0.05) is 12.1 Å². The molecule has 0 N–H and O–H groups in total. The molecular formula is C20H25N3O2S. The van der Waals surface area contributed by atoms with Gasteiger partial charge in [-0.25, -0.2) is 4.98 Å². The first-order valence-electron chi connectivity index (χ1n) is 9.51. The number of rotatable bonds is 2. The summed E-state index contributed by atoms with van der Waals surface area (Å²) in [7, 11) is 0. The number of likely N-dealkylation sites (tertiary alicyclic amines) is 2. The molecule has 0 spiro atoms. The van der Waals surface area contributed by atoms with Crippen molar-refractivity contribution in [3.8, 4) is 0 Å². The van der Waals surface area contributed by atoms with Gasteiger partial charge in [0.05, 0.1) is 21.1 Å².